The molecule has 2 atom stereocenters. The maximum absolute atomic E-state index is 12.4. The maximum Gasteiger partial charge on any atom is 0.240 e. The molecule has 9 heteroatoms. The summed E-state index contributed by atoms with van der Waals surface area (Å²) >= 11 is 0. The first-order valence-electron chi connectivity index (χ1n) is 10.4. The van der Waals surface area contributed by atoms with Gasteiger partial charge in [0.05, 0.1) is 16.6 Å². The number of aliphatic imine (C=N–C) groups is 1. The summed E-state index contributed by atoms with van der Waals surface area (Å²) in [4.78, 5) is 4.68. The summed E-state index contributed by atoms with van der Waals surface area (Å²) in [5.74, 6) is 0.972. The lowest BCUT2D eigenvalue weighted by Crippen LogP contribution is -2.23. The number of sulfonamides is 1. The second-order valence-electron chi connectivity index (χ2n) is 7.66. The van der Waals surface area contributed by atoms with Gasteiger partial charge in [-0.15, -0.1) is 10.2 Å². The summed E-state index contributed by atoms with van der Waals surface area (Å²) < 4.78 is 29.0. The molecule has 2 aliphatic rings. The Morgan fingerprint density at radius 2 is 2.03 bits per heavy atom. The molecule has 2 aromatic heterocycles. The van der Waals surface area contributed by atoms with Gasteiger partial charge >= 0.3 is 0 Å². The number of fused-ring (bicyclic) bond motifs is 2. The van der Waals surface area contributed by atoms with Crippen LogP contribution in [0.25, 0.3) is 16.9 Å². The van der Waals surface area contributed by atoms with Crippen molar-refractivity contribution in [2.24, 2.45) is 10.9 Å². The van der Waals surface area contributed by atoms with Crippen LogP contribution in [0.5, 0.6) is 0 Å². The van der Waals surface area contributed by atoms with Crippen molar-refractivity contribution in [2.45, 2.75) is 24.3 Å². The maximum atomic E-state index is 12.4. The summed E-state index contributed by atoms with van der Waals surface area (Å²) in [6.07, 6.45) is 12.9. The van der Waals surface area contributed by atoms with Gasteiger partial charge in [0.1, 0.15) is 0 Å². The Kier molecular flexibility index (Phi) is 5.28. The first-order valence-corrected chi connectivity index (χ1v) is 11.9. The van der Waals surface area contributed by atoms with Crippen LogP contribution in [-0.2, 0) is 16.4 Å². The van der Waals surface area contributed by atoms with Crippen LogP contribution in [0.2, 0.25) is 0 Å². The lowest BCUT2D eigenvalue weighted by Gasteiger charge is -2.22. The highest BCUT2D eigenvalue weighted by Gasteiger charge is 2.20. The molecule has 1 aliphatic heterocycles. The minimum absolute atomic E-state index is 0.161. The molecule has 0 saturated carbocycles. The van der Waals surface area contributed by atoms with Crippen LogP contribution in [0.1, 0.15) is 12.7 Å². The molecule has 0 radical (unpaired) electrons. The fourth-order valence-corrected chi connectivity index (χ4v) is 4.98. The molecule has 5 rings (SSSR count). The Morgan fingerprint density at radius 3 is 2.91 bits per heavy atom. The third kappa shape index (κ3) is 3.92. The van der Waals surface area contributed by atoms with Crippen molar-refractivity contribution in [3.05, 3.63) is 78.2 Å². The average Bonchev–Trinajstić information content (AvgIpc) is 3.21. The molecule has 0 saturated heterocycles. The SMILES string of the molecule is CCNS(=O)(=O)c1cccc(-c2ccc3nnc(CC4=CC5C=CC=NC5C=C4)n3n2)c1. The monoisotopic (exact) mass is 446 g/mol. The Balaban J connectivity index is 1.46. The summed E-state index contributed by atoms with van der Waals surface area (Å²) in [5.41, 5.74) is 3.12. The third-order valence-electron chi connectivity index (χ3n) is 5.45. The Labute approximate surface area is 186 Å². The standard InChI is InChI=1S/C23H22N6O2S/c1-2-25-32(30,31)19-7-3-5-18(15-19)21-10-11-22-26-27-23(29(22)28-21)14-16-8-9-20-17(13-16)6-4-12-24-20/h3-13,15,17,20,25H,2,14H2,1H3. The minimum atomic E-state index is -3.55. The van der Waals surface area contributed by atoms with E-state index >= 15 is 0 Å². The number of benzene rings is 1. The van der Waals surface area contributed by atoms with Crippen molar-refractivity contribution in [3.8, 4) is 11.3 Å². The molecule has 3 aromatic rings. The molecule has 0 spiro atoms. The van der Waals surface area contributed by atoms with Crippen LogP contribution in [0.3, 0.4) is 0 Å². The number of rotatable bonds is 6. The normalized spacial score (nSPS) is 19.8. The van der Waals surface area contributed by atoms with E-state index in [2.05, 4.69) is 44.2 Å². The van der Waals surface area contributed by atoms with Gasteiger partial charge in [-0.25, -0.2) is 13.1 Å². The first-order chi connectivity index (χ1) is 15.5. The van der Waals surface area contributed by atoms with Gasteiger partial charge in [0.25, 0.3) is 0 Å². The number of nitrogens with one attached hydrogen (secondary N) is 1. The number of aromatic nitrogens is 4. The number of dihydropyridines is 1. The highest BCUT2D eigenvalue weighted by Crippen LogP contribution is 2.25. The Morgan fingerprint density at radius 1 is 1.12 bits per heavy atom. The third-order valence-corrected chi connectivity index (χ3v) is 6.99. The summed E-state index contributed by atoms with van der Waals surface area (Å²) in [5, 5.41) is 13.3. The molecule has 1 N–H and O–H groups in total. The number of nitrogens with zero attached hydrogens (tertiary/aromatic N) is 5. The largest absolute Gasteiger partial charge is 0.285 e. The number of allylic oxidation sites excluding steroid dienone is 3. The van der Waals surface area contributed by atoms with Crippen LogP contribution in [0, 0.1) is 5.92 Å². The fraction of sp³-hybridized carbons (Fsp3) is 0.217. The van der Waals surface area contributed by atoms with Gasteiger partial charge in [0, 0.05) is 30.7 Å². The molecule has 0 fully saturated rings. The summed E-state index contributed by atoms with van der Waals surface area (Å²) in [6, 6.07) is 10.6. The van der Waals surface area contributed by atoms with Crippen molar-refractivity contribution in [1.29, 1.82) is 0 Å². The molecular formula is C23H22N6O2S. The lowest BCUT2D eigenvalue weighted by atomic mass is 9.89. The van der Waals surface area contributed by atoms with E-state index in [1.165, 1.54) is 0 Å². The summed E-state index contributed by atoms with van der Waals surface area (Å²) in [6.45, 7) is 2.08. The van der Waals surface area contributed by atoms with E-state index < -0.39 is 10.0 Å². The van der Waals surface area contributed by atoms with Crippen molar-refractivity contribution < 1.29 is 8.42 Å². The minimum Gasteiger partial charge on any atom is -0.285 e. The molecule has 2 unspecified atom stereocenters. The van der Waals surface area contributed by atoms with Crippen LogP contribution in [0.4, 0.5) is 0 Å². The molecule has 8 nitrogen and oxygen atoms in total. The van der Waals surface area contributed by atoms with Crippen molar-refractivity contribution in [2.75, 3.05) is 6.54 Å². The lowest BCUT2D eigenvalue weighted by molar-refractivity contribution is 0.584. The highest BCUT2D eigenvalue weighted by atomic mass is 32.2. The van der Waals surface area contributed by atoms with E-state index in [1.54, 1.807) is 29.6 Å². The smallest absolute Gasteiger partial charge is 0.240 e. The predicted molar refractivity (Wildman–Crippen MR) is 123 cm³/mol. The first kappa shape index (κ1) is 20.5. The second-order valence-corrected chi connectivity index (χ2v) is 9.43. The Hall–Kier alpha value is -3.43. The molecule has 1 aliphatic carbocycles. The average molecular weight is 447 g/mol. The van der Waals surface area contributed by atoms with E-state index in [9.17, 15) is 8.42 Å². The molecule has 0 bridgehead atoms. The van der Waals surface area contributed by atoms with E-state index in [1.807, 2.05) is 30.5 Å². The molecule has 162 valence electrons. The van der Waals surface area contributed by atoms with Gasteiger partial charge in [0.2, 0.25) is 10.0 Å². The van der Waals surface area contributed by atoms with Crippen LogP contribution >= 0.6 is 0 Å². The van der Waals surface area contributed by atoms with Gasteiger partial charge < -0.3 is 0 Å². The van der Waals surface area contributed by atoms with Gasteiger partial charge in [-0.3, -0.25) is 4.99 Å². The quantitative estimate of drug-likeness (QED) is 0.627. The van der Waals surface area contributed by atoms with Crippen LogP contribution in [0.15, 0.2) is 82.2 Å². The van der Waals surface area contributed by atoms with E-state index in [0.29, 0.717) is 29.9 Å². The molecule has 32 heavy (non-hydrogen) atoms. The van der Waals surface area contributed by atoms with E-state index in [0.717, 1.165) is 11.4 Å². The fourth-order valence-electron chi connectivity index (χ4n) is 3.89. The number of hydrogen-bond acceptors (Lipinski definition) is 6. The number of hydrogen-bond donors (Lipinski definition) is 1. The summed E-state index contributed by atoms with van der Waals surface area (Å²) in [7, 11) is -3.55. The zero-order valence-corrected chi connectivity index (χ0v) is 18.3. The molecular weight excluding hydrogens is 424 g/mol. The molecule has 3 heterocycles. The van der Waals surface area contributed by atoms with Crippen molar-refractivity contribution in [1.82, 2.24) is 24.5 Å². The van der Waals surface area contributed by atoms with Gasteiger partial charge in [-0.2, -0.15) is 9.61 Å². The zero-order chi connectivity index (χ0) is 22.1. The van der Waals surface area contributed by atoms with Crippen LogP contribution < -0.4 is 4.72 Å². The van der Waals surface area contributed by atoms with Gasteiger partial charge in [0.15, 0.2) is 11.5 Å². The topological polar surface area (TPSA) is 102 Å². The van der Waals surface area contributed by atoms with Crippen molar-refractivity contribution >= 4 is 21.9 Å². The highest BCUT2D eigenvalue weighted by molar-refractivity contribution is 7.89. The van der Waals surface area contributed by atoms with Gasteiger partial charge in [-0.1, -0.05) is 43.4 Å². The molecule has 1 aromatic carbocycles. The van der Waals surface area contributed by atoms with Crippen LogP contribution in [-0.4, -0.2) is 47.0 Å². The Bertz CT molecular complexity index is 1400. The predicted octanol–water partition coefficient (Wildman–Crippen LogP) is 2.75. The van der Waals surface area contributed by atoms with Crippen molar-refractivity contribution in [3.63, 3.8) is 0 Å². The second kappa shape index (κ2) is 8.25. The van der Waals surface area contributed by atoms with Gasteiger partial charge in [-0.05, 0) is 35.9 Å². The van der Waals surface area contributed by atoms with E-state index in [-0.39, 0.29) is 16.9 Å². The zero-order valence-electron chi connectivity index (χ0n) is 17.5. The van der Waals surface area contributed by atoms with E-state index in [4.69, 9.17) is 5.10 Å². The molecule has 0 amide bonds.